The molecule has 0 saturated carbocycles. The van der Waals surface area contributed by atoms with E-state index < -0.39 is 0 Å². The number of carbonyl (C=O) groups is 1. The third-order valence-electron chi connectivity index (χ3n) is 5.10. The minimum Gasteiger partial charge on any atom is -0.419 e. The van der Waals surface area contributed by atoms with E-state index in [0.29, 0.717) is 56.7 Å². The van der Waals surface area contributed by atoms with Gasteiger partial charge in [-0.05, 0) is 24.3 Å². The Kier molecular flexibility index (Phi) is 5.94. The zero-order valence-electron chi connectivity index (χ0n) is 15.7. The monoisotopic (exact) mass is 389 g/mol. The molecule has 0 unspecified atom stereocenters. The van der Waals surface area contributed by atoms with Crippen LogP contribution in [0.2, 0.25) is 0 Å². The first-order valence-electron chi connectivity index (χ1n) is 9.56. The lowest BCUT2D eigenvalue weighted by Crippen LogP contribution is -2.51. The molecular weight excluding hydrogens is 365 g/mol. The highest BCUT2D eigenvalue weighted by Gasteiger charge is 2.24. The summed E-state index contributed by atoms with van der Waals surface area (Å²) in [6.45, 7) is 6.99. The van der Waals surface area contributed by atoms with Gasteiger partial charge in [-0.1, -0.05) is 0 Å². The predicted molar refractivity (Wildman–Crippen MR) is 98.8 cm³/mol. The third-order valence-corrected chi connectivity index (χ3v) is 5.10. The van der Waals surface area contributed by atoms with Crippen molar-refractivity contribution in [3.8, 4) is 11.5 Å². The first kappa shape index (κ1) is 19.0. The number of morpholine rings is 1. The van der Waals surface area contributed by atoms with Crippen LogP contribution in [0.15, 0.2) is 28.7 Å². The molecule has 3 heterocycles. The van der Waals surface area contributed by atoms with Crippen LogP contribution < -0.4 is 0 Å². The van der Waals surface area contributed by atoms with Gasteiger partial charge >= 0.3 is 0 Å². The molecule has 2 aliphatic rings. The van der Waals surface area contributed by atoms with Crippen molar-refractivity contribution >= 4 is 5.91 Å². The number of hydrogen-bond acceptors (Lipinski definition) is 7. The quantitative estimate of drug-likeness (QED) is 0.751. The van der Waals surface area contributed by atoms with E-state index >= 15 is 0 Å². The zero-order valence-corrected chi connectivity index (χ0v) is 15.7. The second-order valence-electron chi connectivity index (χ2n) is 7.05. The van der Waals surface area contributed by atoms with Crippen LogP contribution in [-0.4, -0.2) is 89.8 Å². The van der Waals surface area contributed by atoms with Gasteiger partial charge in [0.05, 0.1) is 26.3 Å². The smallest absolute Gasteiger partial charge is 0.247 e. The Hall–Kier alpha value is -2.36. The van der Waals surface area contributed by atoms with E-state index in [0.717, 1.165) is 26.2 Å². The molecule has 4 rings (SSSR count). The van der Waals surface area contributed by atoms with E-state index in [9.17, 15) is 9.18 Å². The topological polar surface area (TPSA) is 74.9 Å². The van der Waals surface area contributed by atoms with Gasteiger partial charge in [-0.2, -0.15) is 0 Å². The van der Waals surface area contributed by atoms with Gasteiger partial charge in [-0.3, -0.25) is 14.6 Å². The normalized spacial score (nSPS) is 19.1. The molecule has 0 spiro atoms. The molecule has 8 nitrogen and oxygen atoms in total. The summed E-state index contributed by atoms with van der Waals surface area (Å²) in [4.78, 5) is 18.7. The van der Waals surface area contributed by atoms with Gasteiger partial charge in [0, 0.05) is 44.8 Å². The minimum atomic E-state index is -0.298. The Labute approximate surface area is 162 Å². The molecule has 1 amide bonds. The molecule has 0 N–H and O–H groups in total. The number of nitrogens with zero attached hydrogens (tertiary/aromatic N) is 5. The molecule has 0 aliphatic carbocycles. The summed E-state index contributed by atoms with van der Waals surface area (Å²) in [6, 6.07) is 5.99. The molecule has 2 saturated heterocycles. The van der Waals surface area contributed by atoms with E-state index in [2.05, 4.69) is 20.0 Å². The van der Waals surface area contributed by atoms with Crippen LogP contribution in [0, 0.1) is 5.82 Å². The molecule has 2 aromatic rings. The first-order valence-corrected chi connectivity index (χ1v) is 9.56. The highest BCUT2D eigenvalue weighted by molar-refractivity contribution is 5.78. The minimum absolute atomic E-state index is 0.178. The Morgan fingerprint density at radius 3 is 2.36 bits per heavy atom. The number of halogens is 1. The summed E-state index contributed by atoms with van der Waals surface area (Å²) < 4.78 is 24.0. The van der Waals surface area contributed by atoms with Crippen molar-refractivity contribution in [2.45, 2.75) is 6.54 Å². The molecular formula is C19H24FN5O3. The number of carbonyl (C=O) groups excluding carboxylic acids is 1. The van der Waals surface area contributed by atoms with Crippen LogP contribution in [0.1, 0.15) is 5.89 Å². The molecule has 0 radical (unpaired) electrons. The summed E-state index contributed by atoms with van der Waals surface area (Å²) in [7, 11) is 0. The van der Waals surface area contributed by atoms with Crippen molar-refractivity contribution in [3.05, 3.63) is 36.0 Å². The van der Waals surface area contributed by atoms with Crippen LogP contribution in [-0.2, 0) is 16.1 Å². The average Bonchev–Trinajstić information content (AvgIpc) is 3.19. The van der Waals surface area contributed by atoms with Gasteiger partial charge in [0.15, 0.2) is 0 Å². The van der Waals surface area contributed by atoms with Crippen molar-refractivity contribution in [1.29, 1.82) is 0 Å². The Balaban J connectivity index is 1.24. The van der Waals surface area contributed by atoms with Gasteiger partial charge in [0.2, 0.25) is 17.7 Å². The molecule has 1 aromatic heterocycles. The maximum absolute atomic E-state index is 13.0. The van der Waals surface area contributed by atoms with Crippen molar-refractivity contribution in [3.63, 3.8) is 0 Å². The first-order chi connectivity index (χ1) is 13.7. The lowest BCUT2D eigenvalue weighted by atomic mass is 10.2. The molecule has 9 heteroatoms. The number of benzene rings is 1. The maximum atomic E-state index is 13.0. The van der Waals surface area contributed by atoms with Gasteiger partial charge < -0.3 is 14.1 Å². The molecule has 0 atom stereocenters. The summed E-state index contributed by atoms with van der Waals surface area (Å²) in [6.07, 6.45) is 0. The fourth-order valence-electron chi connectivity index (χ4n) is 3.43. The maximum Gasteiger partial charge on any atom is 0.247 e. The van der Waals surface area contributed by atoms with E-state index in [4.69, 9.17) is 9.15 Å². The molecule has 150 valence electrons. The van der Waals surface area contributed by atoms with E-state index in [1.807, 2.05) is 4.90 Å². The molecule has 0 bridgehead atoms. The number of hydrogen-bond donors (Lipinski definition) is 0. The van der Waals surface area contributed by atoms with Gasteiger partial charge in [0.1, 0.15) is 5.82 Å². The van der Waals surface area contributed by atoms with Crippen molar-refractivity contribution < 1.29 is 18.3 Å². The number of ether oxygens (including phenoxy) is 1. The lowest BCUT2D eigenvalue weighted by molar-refractivity contribution is -0.136. The number of aromatic nitrogens is 2. The summed E-state index contributed by atoms with van der Waals surface area (Å²) in [5, 5.41) is 8.15. The van der Waals surface area contributed by atoms with Crippen molar-refractivity contribution in [2.75, 3.05) is 59.0 Å². The van der Waals surface area contributed by atoms with Gasteiger partial charge in [0.25, 0.3) is 0 Å². The van der Waals surface area contributed by atoms with Crippen LogP contribution in [0.25, 0.3) is 11.5 Å². The van der Waals surface area contributed by atoms with Crippen LogP contribution in [0.5, 0.6) is 0 Å². The number of piperazine rings is 1. The Morgan fingerprint density at radius 2 is 1.64 bits per heavy atom. The number of rotatable bonds is 5. The van der Waals surface area contributed by atoms with Gasteiger partial charge in [-0.15, -0.1) is 10.2 Å². The van der Waals surface area contributed by atoms with Crippen molar-refractivity contribution in [1.82, 2.24) is 24.9 Å². The zero-order chi connectivity index (χ0) is 19.3. The van der Waals surface area contributed by atoms with Gasteiger partial charge in [-0.25, -0.2) is 4.39 Å². The molecule has 2 fully saturated rings. The largest absolute Gasteiger partial charge is 0.419 e. The summed E-state index contributed by atoms with van der Waals surface area (Å²) in [5.74, 6) is 0.813. The Morgan fingerprint density at radius 1 is 0.964 bits per heavy atom. The van der Waals surface area contributed by atoms with E-state index in [1.165, 1.54) is 12.1 Å². The van der Waals surface area contributed by atoms with Crippen LogP contribution in [0.4, 0.5) is 4.39 Å². The fourth-order valence-corrected chi connectivity index (χ4v) is 3.43. The second-order valence-corrected chi connectivity index (χ2v) is 7.05. The standard InChI is InChI=1S/C19H24FN5O3/c20-16-3-1-15(2-4-16)19-22-21-17(28-19)13-23-5-7-24(8-6-23)14-18(26)25-9-11-27-12-10-25/h1-4H,5-14H2. The highest BCUT2D eigenvalue weighted by atomic mass is 19.1. The molecule has 28 heavy (non-hydrogen) atoms. The molecule has 2 aliphatic heterocycles. The van der Waals surface area contributed by atoms with Crippen LogP contribution >= 0.6 is 0 Å². The van der Waals surface area contributed by atoms with Crippen molar-refractivity contribution in [2.24, 2.45) is 0 Å². The van der Waals surface area contributed by atoms with Crippen LogP contribution in [0.3, 0.4) is 0 Å². The third kappa shape index (κ3) is 4.73. The average molecular weight is 389 g/mol. The van der Waals surface area contributed by atoms with E-state index in [1.54, 1.807) is 12.1 Å². The predicted octanol–water partition coefficient (Wildman–Crippen LogP) is 0.852. The van der Waals surface area contributed by atoms with E-state index in [-0.39, 0.29) is 11.7 Å². The summed E-state index contributed by atoms with van der Waals surface area (Å²) in [5.41, 5.74) is 0.701. The Bertz CT molecular complexity index is 783. The fraction of sp³-hybridized carbons (Fsp3) is 0.526. The SMILES string of the molecule is O=C(CN1CCN(Cc2nnc(-c3ccc(F)cc3)o2)CC1)N1CCOCC1. The lowest BCUT2D eigenvalue weighted by Gasteiger charge is -2.35. The highest BCUT2D eigenvalue weighted by Crippen LogP contribution is 2.19. The molecule has 1 aromatic carbocycles. The summed E-state index contributed by atoms with van der Waals surface area (Å²) >= 11 is 0. The number of amides is 1. The second kappa shape index (κ2) is 8.76.